The summed E-state index contributed by atoms with van der Waals surface area (Å²) in [5.41, 5.74) is 4.58. The topological polar surface area (TPSA) is 38.3 Å². The first-order valence-electron chi connectivity index (χ1n) is 9.53. The average molecular weight is 432 g/mol. The van der Waals surface area contributed by atoms with Crippen LogP contribution in [0.4, 0.5) is 5.69 Å². The molecule has 0 spiro atoms. The largest absolute Gasteiger partial charge is 0.492 e. The molecule has 3 nitrogen and oxygen atoms in total. The zero-order valence-electron chi connectivity index (χ0n) is 17.0. The predicted molar refractivity (Wildman–Crippen MR) is 117 cm³/mol. The molecular weight excluding hydrogens is 402 g/mol. The van der Waals surface area contributed by atoms with E-state index >= 15 is 0 Å². The minimum Gasteiger partial charge on any atom is -0.492 e. The highest BCUT2D eigenvalue weighted by Crippen LogP contribution is 2.31. The minimum absolute atomic E-state index is 0.0322. The summed E-state index contributed by atoms with van der Waals surface area (Å²) >= 11 is 3.58. The number of carbonyl (C=O) groups is 1. The van der Waals surface area contributed by atoms with Gasteiger partial charge in [0.05, 0.1) is 11.1 Å². The second-order valence-electron chi connectivity index (χ2n) is 7.86. The molecule has 0 unspecified atom stereocenters. The van der Waals surface area contributed by atoms with E-state index in [9.17, 15) is 4.79 Å². The number of benzene rings is 2. The Hall–Kier alpha value is -1.81. The van der Waals surface area contributed by atoms with E-state index in [4.69, 9.17) is 4.74 Å². The molecule has 0 aliphatic heterocycles. The van der Waals surface area contributed by atoms with Crippen molar-refractivity contribution in [3.8, 4) is 5.75 Å². The maximum Gasteiger partial charge on any atom is 0.224 e. The van der Waals surface area contributed by atoms with E-state index in [0.29, 0.717) is 19.4 Å². The molecule has 146 valence electrons. The number of amides is 1. The predicted octanol–water partition coefficient (Wildman–Crippen LogP) is 6.42. The van der Waals surface area contributed by atoms with Gasteiger partial charge in [-0.3, -0.25) is 4.79 Å². The van der Waals surface area contributed by atoms with Gasteiger partial charge in [-0.25, -0.2) is 0 Å². The molecule has 0 saturated carbocycles. The van der Waals surface area contributed by atoms with Gasteiger partial charge >= 0.3 is 0 Å². The molecule has 0 aliphatic carbocycles. The van der Waals surface area contributed by atoms with Crippen LogP contribution in [-0.2, 0) is 16.6 Å². The van der Waals surface area contributed by atoms with Crippen LogP contribution >= 0.6 is 15.9 Å². The fourth-order valence-electron chi connectivity index (χ4n) is 2.90. The highest BCUT2D eigenvalue weighted by atomic mass is 79.9. The normalized spacial score (nSPS) is 11.3. The number of rotatable bonds is 7. The standard InChI is InChI=1S/C23H30BrNO2/c1-6-17-10-7-9-16(2)22(17)25-21(26)11-8-14-27-20-13-12-18(15-19(20)24)23(3,4)5/h7,9-10,12-13,15H,6,8,11,14H2,1-5H3,(H,25,26). The Balaban J connectivity index is 1.84. The fourth-order valence-corrected chi connectivity index (χ4v) is 3.40. The second kappa shape index (κ2) is 9.41. The molecule has 0 heterocycles. The molecule has 0 fully saturated rings. The van der Waals surface area contributed by atoms with Gasteiger partial charge in [0.15, 0.2) is 0 Å². The first-order valence-corrected chi connectivity index (χ1v) is 10.3. The van der Waals surface area contributed by atoms with Gasteiger partial charge in [-0.05, 0) is 69.9 Å². The van der Waals surface area contributed by atoms with Crippen molar-refractivity contribution >= 4 is 27.5 Å². The summed E-state index contributed by atoms with van der Waals surface area (Å²) in [7, 11) is 0. The summed E-state index contributed by atoms with van der Waals surface area (Å²) < 4.78 is 6.80. The van der Waals surface area contributed by atoms with Crippen molar-refractivity contribution in [1.29, 1.82) is 0 Å². The number of hydrogen-bond donors (Lipinski definition) is 1. The number of aryl methyl sites for hydroxylation is 2. The second-order valence-corrected chi connectivity index (χ2v) is 8.71. The van der Waals surface area contributed by atoms with Crippen molar-refractivity contribution in [1.82, 2.24) is 0 Å². The van der Waals surface area contributed by atoms with Gasteiger partial charge in [0, 0.05) is 12.1 Å². The van der Waals surface area contributed by atoms with E-state index in [2.05, 4.69) is 67.1 Å². The maximum atomic E-state index is 12.3. The fraction of sp³-hybridized carbons (Fsp3) is 0.435. The highest BCUT2D eigenvalue weighted by molar-refractivity contribution is 9.10. The summed E-state index contributed by atoms with van der Waals surface area (Å²) in [5, 5.41) is 3.06. The molecule has 1 amide bonds. The summed E-state index contributed by atoms with van der Waals surface area (Å²) in [6.45, 7) is 11.2. The molecule has 0 bridgehead atoms. The Kier molecular flexibility index (Phi) is 7.49. The van der Waals surface area contributed by atoms with Gasteiger partial charge in [-0.2, -0.15) is 0 Å². The zero-order chi connectivity index (χ0) is 20.0. The lowest BCUT2D eigenvalue weighted by Gasteiger charge is -2.20. The molecule has 1 N–H and O–H groups in total. The summed E-state index contributed by atoms with van der Waals surface area (Å²) in [4.78, 5) is 12.3. The quantitative estimate of drug-likeness (QED) is 0.513. The third-order valence-corrected chi connectivity index (χ3v) is 5.23. The van der Waals surface area contributed by atoms with Gasteiger partial charge in [0.2, 0.25) is 5.91 Å². The molecule has 2 rings (SSSR count). The molecule has 2 aromatic rings. The molecule has 0 atom stereocenters. The third kappa shape index (κ3) is 6.10. The molecule has 0 radical (unpaired) electrons. The smallest absolute Gasteiger partial charge is 0.224 e. The lowest BCUT2D eigenvalue weighted by molar-refractivity contribution is -0.116. The summed E-state index contributed by atoms with van der Waals surface area (Å²) in [6, 6.07) is 12.3. The molecule has 0 aromatic heterocycles. The number of nitrogens with one attached hydrogen (secondary N) is 1. The zero-order valence-corrected chi connectivity index (χ0v) is 18.6. The van der Waals surface area contributed by atoms with Crippen molar-refractivity contribution < 1.29 is 9.53 Å². The Bertz CT molecular complexity index is 793. The van der Waals surface area contributed by atoms with E-state index < -0.39 is 0 Å². The SMILES string of the molecule is CCc1cccc(C)c1NC(=O)CCCOc1ccc(C(C)(C)C)cc1Br. The van der Waals surface area contributed by atoms with Gasteiger partial charge in [-0.15, -0.1) is 0 Å². The van der Waals surface area contributed by atoms with Crippen molar-refractivity contribution in [3.63, 3.8) is 0 Å². The maximum absolute atomic E-state index is 12.3. The molecule has 27 heavy (non-hydrogen) atoms. The van der Waals surface area contributed by atoms with Crippen LogP contribution in [0.25, 0.3) is 0 Å². The number of hydrogen-bond acceptors (Lipinski definition) is 2. The van der Waals surface area contributed by atoms with Crippen LogP contribution < -0.4 is 10.1 Å². The molecule has 4 heteroatoms. The number of ether oxygens (including phenoxy) is 1. The highest BCUT2D eigenvalue weighted by Gasteiger charge is 2.15. The van der Waals surface area contributed by atoms with Gasteiger partial charge in [-0.1, -0.05) is 52.0 Å². The van der Waals surface area contributed by atoms with Crippen LogP contribution in [0.1, 0.15) is 57.2 Å². The Morgan fingerprint density at radius 2 is 1.93 bits per heavy atom. The Morgan fingerprint density at radius 3 is 2.56 bits per heavy atom. The third-order valence-electron chi connectivity index (χ3n) is 4.61. The van der Waals surface area contributed by atoms with E-state index in [1.165, 1.54) is 11.1 Å². The van der Waals surface area contributed by atoms with Crippen LogP contribution in [0.15, 0.2) is 40.9 Å². The van der Waals surface area contributed by atoms with Gasteiger partial charge < -0.3 is 10.1 Å². The van der Waals surface area contributed by atoms with Crippen molar-refractivity contribution in [2.75, 3.05) is 11.9 Å². The number of anilines is 1. The monoisotopic (exact) mass is 431 g/mol. The molecule has 0 aliphatic rings. The molecule has 0 saturated heterocycles. The van der Waals surface area contributed by atoms with Crippen LogP contribution in [-0.4, -0.2) is 12.5 Å². The number of para-hydroxylation sites is 1. The minimum atomic E-state index is 0.0322. The summed E-state index contributed by atoms with van der Waals surface area (Å²) in [6.07, 6.45) is 2.01. The lowest BCUT2D eigenvalue weighted by atomic mass is 9.87. The average Bonchev–Trinajstić information content (AvgIpc) is 2.60. The summed E-state index contributed by atoms with van der Waals surface area (Å²) in [5.74, 6) is 0.848. The van der Waals surface area contributed by atoms with E-state index in [1.807, 2.05) is 25.1 Å². The van der Waals surface area contributed by atoms with Crippen molar-refractivity contribution in [2.45, 2.75) is 59.3 Å². The van der Waals surface area contributed by atoms with E-state index in [1.54, 1.807) is 0 Å². The van der Waals surface area contributed by atoms with Crippen LogP contribution in [0.2, 0.25) is 0 Å². The van der Waals surface area contributed by atoms with E-state index in [0.717, 1.165) is 27.9 Å². The Labute approximate surface area is 171 Å². The number of carbonyl (C=O) groups excluding carboxylic acids is 1. The van der Waals surface area contributed by atoms with Crippen LogP contribution in [0.5, 0.6) is 5.75 Å². The Morgan fingerprint density at radius 1 is 1.19 bits per heavy atom. The lowest BCUT2D eigenvalue weighted by Crippen LogP contribution is -2.15. The first kappa shape index (κ1) is 21.5. The van der Waals surface area contributed by atoms with E-state index in [-0.39, 0.29) is 11.3 Å². The number of halogens is 1. The van der Waals surface area contributed by atoms with Crippen molar-refractivity contribution in [2.24, 2.45) is 0 Å². The van der Waals surface area contributed by atoms with Crippen LogP contribution in [0, 0.1) is 6.92 Å². The molecular formula is C23H30BrNO2. The van der Waals surface area contributed by atoms with Crippen LogP contribution in [0.3, 0.4) is 0 Å². The first-order chi connectivity index (χ1) is 12.7. The van der Waals surface area contributed by atoms with Crippen molar-refractivity contribution in [3.05, 3.63) is 57.6 Å². The van der Waals surface area contributed by atoms with Gasteiger partial charge in [0.1, 0.15) is 5.75 Å². The molecule has 2 aromatic carbocycles. The van der Waals surface area contributed by atoms with Gasteiger partial charge in [0.25, 0.3) is 0 Å².